The maximum atomic E-state index is 12.9. The second kappa shape index (κ2) is 9.92. The number of pyridine rings is 1. The first-order chi connectivity index (χ1) is 15.1. The van der Waals surface area contributed by atoms with Crippen LogP contribution in [-0.4, -0.2) is 41.0 Å². The van der Waals surface area contributed by atoms with Crippen molar-refractivity contribution in [2.45, 2.75) is 38.5 Å². The summed E-state index contributed by atoms with van der Waals surface area (Å²) in [6, 6.07) is 12.0. The molecule has 3 aromatic rings. The Labute approximate surface area is 187 Å². The zero-order valence-electron chi connectivity index (χ0n) is 18.0. The minimum absolute atomic E-state index is 0.199. The summed E-state index contributed by atoms with van der Waals surface area (Å²) in [7, 11) is 1.67. The summed E-state index contributed by atoms with van der Waals surface area (Å²) in [5.74, 6) is 1.29. The summed E-state index contributed by atoms with van der Waals surface area (Å²) in [4.78, 5) is 24.0. The molecule has 1 saturated heterocycles. The standard InChI is InChI=1S/C24H28N4O2S/c1-17-14-20(27-24-25-11-13-31-24)15-21(26-17)19-7-5-12-28(16-19)23(29)10-9-18-6-3-4-8-22(18)30-2/h3-4,6,8,11,13-15,19H,5,7,9-10,12,16H2,1-2H3,(H,25,26,27). The van der Waals surface area contributed by atoms with Crippen LogP contribution in [0.15, 0.2) is 48.0 Å². The number of amides is 1. The molecule has 7 heteroatoms. The van der Waals surface area contributed by atoms with E-state index in [1.165, 1.54) is 0 Å². The number of aromatic nitrogens is 2. The van der Waals surface area contributed by atoms with Crippen LogP contribution in [0.25, 0.3) is 0 Å². The monoisotopic (exact) mass is 436 g/mol. The van der Waals surface area contributed by atoms with E-state index in [0.29, 0.717) is 12.8 Å². The maximum Gasteiger partial charge on any atom is 0.222 e. The van der Waals surface area contributed by atoms with Crippen LogP contribution in [-0.2, 0) is 11.2 Å². The van der Waals surface area contributed by atoms with E-state index in [4.69, 9.17) is 9.72 Å². The number of methoxy groups -OCH3 is 1. The summed E-state index contributed by atoms with van der Waals surface area (Å²) in [5, 5.41) is 6.18. The average Bonchev–Trinajstić information content (AvgIpc) is 3.30. The Bertz CT molecular complexity index is 1020. The lowest BCUT2D eigenvalue weighted by atomic mass is 9.93. The van der Waals surface area contributed by atoms with Crippen LogP contribution in [0, 0.1) is 6.92 Å². The highest BCUT2D eigenvalue weighted by molar-refractivity contribution is 7.13. The third-order valence-corrected chi connectivity index (χ3v) is 6.34. The Morgan fingerprint density at radius 2 is 2.19 bits per heavy atom. The van der Waals surface area contributed by atoms with Gasteiger partial charge in [0.25, 0.3) is 0 Å². The van der Waals surface area contributed by atoms with E-state index in [1.54, 1.807) is 24.6 Å². The fourth-order valence-electron chi connectivity index (χ4n) is 4.14. The normalized spacial score (nSPS) is 16.2. The third kappa shape index (κ3) is 5.41. The molecule has 1 aliphatic rings. The Morgan fingerprint density at radius 1 is 1.32 bits per heavy atom. The summed E-state index contributed by atoms with van der Waals surface area (Å²) >= 11 is 1.57. The summed E-state index contributed by atoms with van der Waals surface area (Å²) in [5.41, 5.74) is 4.08. The number of nitrogens with one attached hydrogen (secondary N) is 1. The molecule has 1 aromatic carbocycles. The van der Waals surface area contributed by atoms with Crippen molar-refractivity contribution in [1.29, 1.82) is 0 Å². The van der Waals surface area contributed by atoms with Gasteiger partial charge in [0.2, 0.25) is 5.91 Å². The van der Waals surface area contributed by atoms with Gasteiger partial charge in [-0.15, -0.1) is 11.3 Å². The van der Waals surface area contributed by atoms with Gasteiger partial charge in [0.05, 0.1) is 7.11 Å². The van der Waals surface area contributed by atoms with Crippen LogP contribution in [0.5, 0.6) is 5.75 Å². The topological polar surface area (TPSA) is 67.3 Å². The van der Waals surface area contributed by atoms with Crippen molar-refractivity contribution < 1.29 is 9.53 Å². The predicted molar refractivity (Wildman–Crippen MR) is 124 cm³/mol. The van der Waals surface area contributed by atoms with Crippen molar-refractivity contribution in [3.8, 4) is 5.75 Å². The first kappa shape index (κ1) is 21.3. The lowest BCUT2D eigenvalue weighted by molar-refractivity contribution is -0.132. The fraction of sp³-hybridized carbons (Fsp3) is 0.375. The summed E-state index contributed by atoms with van der Waals surface area (Å²) in [6.07, 6.45) is 5.01. The highest BCUT2D eigenvalue weighted by atomic mass is 32.1. The van der Waals surface area contributed by atoms with E-state index in [0.717, 1.165) is 59.5 Å². The van der Waals surface area contributed by atoms with Gasteiger partial charge >= 0.3 is 0 Å². The molecule has 6 nitrogen and oxygen atoms in total. The molecular weight excluding hydrogens is 408 g/mol. The fourth-order valence-corrected chi connectivity index (χ4v) is 4.69. The Balaban J connectivity index is 1.41. The number of rotatable bonds is 7. The average molecular weight is 437 g/mol. The van der Waals surface area contributed by atoms with Crippen LogP contribution in [0.2, 0.25) is 0 Å². The number of ether oxygens (including phenoxy) is 1. The lowest BCUT2D eigenvalue weighted by Gasteiger charge is -2.33. The molecule has 1 atom stereocenters. The van der Waals surface area contributed by atoms with E-state index >= 15 is 0 Å². The van der Waals surface area contributed by atoms with Gasteiger partial charge in [0, 0.05) is 54.1 Å². The van der Waals surface area contributed by atoms with Crippen molar-refractivity contribution in [3.05, 3.63) is 64.9 Å². The second-order valence-electron chi connectivity index (χ2n) is 7.88. The molecule has 31 heavy (non-hydrogen) atoms. The Kier molecular flexibility index (Phi) is 6.82. The van der Waals surface area contributed by atoms with Crippen LogP contribution >= 0.6 is 11.3 Å². The molecule has 2 aromatic heterocycles. The summed E-state index contributed by atoms with van der Waals surface area (Å²) in [6.45, 7) is 3.55. The van der Waals surface area contributed by atoms with Crippen LogP contribution in [0.4, 0.5) is 10.8 Å². The van der Waals surface area contributed by atoms with Crippen molar-refractivity contribution in [1.82, 2.24) is 14.9 Å². The lowest BCUT2D eigenvalue weighted by Crippen LogP contribution is -2.39. The highest BCUT2D eigenvalue weighted by Crippen LogP contribution is 2.30. The Morgan fingerprint density at radius 3 is 3.00 bits per heavy atom. The molecule has 0 aliphatic carbocycles. The molecule has 1 amide bonds. The van der Waals surface area contributed by atoms with Crippen LogP contribution < -0.4 is 10.1 Å². The second-order valence-corrected chi connectivity index (χ2v) is 8.77. The van der Waals surface area contributed by atoms with E-state index in [9.17, 15) is 4.79 Å². The van der Waals surface area contributed by atoms with E-state index in [-0.39, 0.29) is 11.8 Å². The summed E-state index contributed by atoms with van der Waals surface area (Å²) < 4.78 is 5.41. The minimum atomic E-state index is 0.199. The zero-order valence-corrected chi connectivity index (χ0v) is 18.8. The predicted octanol–water partition coefficient (Wildman–Crippen LogP) is 4.94. The van der Waals surface area contributed by atoms with Gasteiger partial charge in [-0.3, -0.25) is 9.78 Å². The van der Waals surface area contributed by atoms with Crippen molar-refractivity contribution in [3.63, 3.8) is 0 Å². The van der Waals surface area contributed by atoms with Gasteiger partial charge in [0.1, 0.15) is 5.75 Å². The molecule has 0 radical (unpaired) electrons. The molecule has 0 saturated carbocycles. The van der Waals surface area contributed by atoms with Crippen LogP contribution in [0.1, 0.15) is 42.1 Å². The molecule has 1 N–H and O–H groups in total. The maximum absolute atomic E-state index is 12.9. The number of likely N-dealkylation sites (tertiary alicyclic amines) is 1. The number of aryl methyl sites for hydroxylation is 2. The van der Waals surface area contributed by atoms with Gasteiger partial charge in [-0.25, -0.2) is 4.98 Å². The van der Waals surface area contributed by atoms with Crippen molar-refractivity contribution >= 4 is 28.1 Å². The van der Waals surface area contributed by atoms with Crippen molar-refractivity contribution in [2.24, 2.45) is 0 Å². The molecule has 162 valence electrons. The number of hydrogen-bond donors (Lipinski definition) is 1. The molecule has 4 rings (SSSR count). The highest BCUT2D eigenvalue weighted by Gasteiger charge is 2.26. The molecule has 1 fully saturated rings. The molecular formula is C24H28N4O2S. The molecule has 0 bridgehead atoms. The number of anilines is 2. The number of benzene rings is 1. The van der Waals surface area contributed by atoms with Crippen molar-refractivity contribution in [2.75, 3.05) is 25.5 Å². The van der Waals surface area contributed by atoms with Gasteiger partial charge < -0.3 is 15.0 Å². The number of nitrogens with zero attached hydrogens (tertiary/aromatic N) is 3. The quantitative estimate of drug-likeness (QED) is 0.568. The van der Waals surface area contributed by atoms with E-state index in [2.05, 4.69) is 16.4 Å². The zero-order chi connectivity index (χ0) is 21.6. The first-order valence-electron chi connectivity index (χ1n) is 10.7. The Hall–Kier alpha value is -2.93. The molecule has 1 aliphatic heterocycles. The van der Waals surface area contributed by atoms with Gasteiger partial charge in [0.15, 0.2) is 5.13 Å². The number of thiazole rings is 1. The minimum Gasteiger partial charge on any atom is -0.496 e. The molecule has 3 heterocycles. The van der Waals surface area contributed by atoms with Crippen LogP contribution in [0.3, 0.4) is 0 Å². The number of carbonyl (C=O) groups is 1. The SMILES string of the molecule is COc1ccccc1CCC(=O)N1CCCC(c2cc(Nc3nccs3)cc(C)n2)C1. The third-order valence-electron chi connectivity index (χ3n) is 5.65. The van der Waals surface area contributed by atoms with Gasteiger partial charge in [-0.2, -0.15) is 0 Å². The van der Waals surface area contributed by atoms with Gasteiger partial charge in [-0.05, 0) is 49.9 Å². The molecule has 1 unspecified atom stereocenters. The largest absolute Gasteiger partial charge is 0.496 e. The smallest absolute Gasteiger partial charge is 0.222 e. The number of carbonyl (C=O) groups excluding carboxylic acids is 1. The number of para-hydroxylation sites is 1. The van der Waals surface area contributed by atoms with E-state index < -0.39 is 0 Å². The number of hydrogen-bond acceptors (Lipinski definition) is 6. The first-order valence-corrected chi connectivity index (χ1v) is 11.5. The van der Waals surface area contributed by atoms with Gasteiger partial charge in [-0.1, -0.05) is 18.2 Å². The number of piperidine rings is 1. The molecule has 0 spiro atoms. The van der Waals surface area contributed by atoms with E-state index in [1.807, 2.05) is 47.5 Å².